The van der Waals surface area contributed by atoms with E-state index < -0.39 is 0 Å². The van der Waals surface area contributed by atoms with Gasteiger partial charge < -0.3 is 20.4 Å². The van der Waals surface area contributed by atoms with Crippen LogP contribution in [0.3, 0.4) is 0 Å². The number of hydrogen-bond donors (Lipinski definition) is 2. The minimum Gasteiger partial charge on any atom is -0.383 e. The molecule has 90 valence electrons. The quantitative estimate of drug-likeness (QED) is 0.593. The predicted molar refractivity (Wildman–Crippen MR) is 59.9 cm³/mol. The number of methoxy groups -OCH3 is 1. The third-order valence-electron chi connectivity index (χ3n) is 2.04. The molecule has 0 bridgehead atoms. The van der Waals surface area contributed by atoms with Crippen LogP contribution >= 0.6 is 0 Å². The Kier molecular flexibility index (Phi) is 5.52. The van der Waals surface area contributed by atoms with Gasteiger partial charge in [0.05, 0.1) is 18.6 Å². The Bertz CT molecular complexity index is 324. The van der Waals surface area contributed by atoms with Gasteiger partial charge in [0, 0.05) is 26.3 Å². The van der Waals surface area contributed by atoms with Crippen LogP contribution in [0.15, 0.2) is 12.5 Å². The monoisotopic (exact) mass is 226 g/mol. The molecule has 0 saturated heterocycles. The summed E-state index contributed by atoms with van der Waals surface area (Å²) in [6, 6.07) is 0. The normalized spacial score (nSPS) is 10.4. The van der Waals surface area contributed by atoms with Crippen LogP contribution in [0, 0.1) is 0 Å². The van der Waals surface area contributed by atoms with Crippen molar-refractivity contribution in [1.29, 1.82) is 0 Å². The molecule has 1 aromatic rings. The molecule has 1 heterocycles. The van der Waals surface area contributed by atoms with Crippen LogP contribution in [-0.4, -0.2) is 42.3 Å². The van der Waals surface area contributed by atoms with Gasteiger partial charge in [-0.05, 0) is 6.54 Å². The van der Waals surface area contributed by atoms with Gasteiger partial charge in [0.2, 0.25) is 5.91 Å². The van der Waals surface area contributed by atoms with E-state index in [0.717, 1.165) is 12.1 Å². The molecule has 0 spiro atoms. The van der Waals surface area contributed by atoms with E-state index in [1.807, 2.05) is 6.20 Å². The summed E-state index contributed by atoms with van der Waals surface area (Å²) in [5.74, 6) is -0.0475. The Hall–Kier alpha value is -1.40. The van der Waals surface area contributed by atoms with Crippen LogP contribution in [0.4, 0.5) is 0 Å². The van der Waals surface area contributed by atoms with E-state index in [9.17, 15) is 4.79 Å². The first-order valence-electron chi connectivity index (χ1n) is 5.22. The maximum atomic E-state index is 11.4. The Morgan fingerprint density at radius 3 is 3.19 bits per heavy atom. The molecule has 0 atom stereocenters. The van der Waals surface area contributed by atoms with Crippen molar-refractivity contribution in [2.45, 2.75) is 13.0 Å². The zero-order valence-corrected chi connectivity index (χ0v) is 9.48. The van der Waals surface area contributed by atoms with E-state index in [2.05, 4.69) is 10.3 Å². The highest BCUT2D eigenvalue weighted by atomic mass is 16.5. The fourth-order valence-corrected chi connectivity index (χ4v) is 1.28. The second-order valence-electron chi connectivity index (χ2n) is 3.42. The summed E-state index contributed by atoms with van der Waals surface area (Å²) in [6.45, 7) is 1.89. The smallest absolute Gasteiger partial charge is 0.240 e. The SMILES string of the molecule is COCCNC(=O)Cn1cnc(CCN)c1. The zero-order valence-electron chi connectivity index (χ0n) is 9.48. The number of amides is 1. The maximum Gasteiger partial charge on any atom is 0.240 e. The van der Waals surface area contributed by atoms with Crippen molar-refractivity contribution in [3.8, 4) is 0 Å². The first-order valence-corrected chi connectivity index (χ1v) is 5.22. The van der Waals surface area contributed by atoms with Gasteiger partial charge in [0.25, 0.3) is 0 Å². The second-order valence-corrected chi connectivity index (χ2v) is 3.42. The molecule has 1 aromatic heterocycles. The first-order chi connectivity index (χ1) is 7.76. The number of hydrogen-bond acceptors (Lipinski definition) is 4. The maximum absolute atomic E-state index is 11.4. The Balaban J connectivity index is 2.31. The number of ether oxygens (including phenoxy) is 1. The van der Waals surface area contributed by atoms with E-state index in [1.165, 1.54) is 0 Å². The van der Waals surface area contributed by atoms with Gasteiger partial charge in [0.15, 0.2) is 0 Å². The molecule has 0 aromatic carbocycles. The van der Waals surface area contributed by atoms with Crippen molar-refractivity contribution < 1.29 is 9.53 Å². The van der Waals surface area contributed by atoms with Crippen molar-refractivity contribution in [3.63, 3.8) is 0 Å². The molecule has 0 radical (unpaired) electrons. The molecular formula is C10H18N4O2. The molecule has 0 aliphatic rings. The van der Waals surface area contributed by atoms with Gasteiger partial charge in [0.1, 0.15) is 6.54 Å². The molecule has 0 aliphatic heterocycles. The molecule has 6 nitrogen and oxygen atoms in total. The summed E-state index contributed by atoms with van der Waals surface area (Å²) in [7, 11) is 1.60. The molecular weight excluding hydrogens is 208 g/mol. The summed E-state index contributed by atoms with van der Waals surface area (Å²) < 4.78 is 6.57. The van der Waals surface area contributed by atoms with Gasteiger partial charge in [-0.15, -0.1) is 0 Å². The van der Waals surface area contributed by atoms with E-state index in [-0.39, 0.29) is 12.5 Å². The molecule has 0 saturated carbocycles. The summed E-state index contributed by atoms with van der Waals surface area (Å²) in [5, 5.41) is 2.74. The lowest BCUT2D eigenvalue weighted by atomic mass is 10.3. The number of aromatic nitrogens is 2. The average Bonchev–Trinajstić information content (AvgIpc) is 2.66. The van der Waals surface area contributed by atoms with Crippen molar-refractivity contribution >= 4 is 5.91 Å². The lowest BCUT2D eigenvalue weighted by Crippen LogP contribution is -2.30. The van der Waals surface area contributed by atoms with Crippen LogP contribution < -0.4 is 11.1 Å². The van der Waals surface area contributed by atoms with E-state index in [1.54, 1.807) is 18.0 Å². The lowest BCUT2D eigenvalue weighted by molar-refractivity contribution is -0.121. The number of nitrogens with two attached hydrogens (primary N) is 1. The van der Waals surface area contributed by atoms with E-state index >= 15 is 0 Å². The Labute approximate surface area is 94.8 Å². The lowest BCUT2D eigenvalue weighted by Gasteiger charge is -2.04. The third-order valence-corrected chi connectivity index (χ3v) is 2.04. The molecule has 0 unspecified atom stereocenters. The van der Waals surface area contributed by atoms with Gasteiger partial charge in [-0.25, -0.2) is 4.98 Å². The van der Waals surface area contributed by atoms with Gasteiger partial charge in [-0.1, -0.05) is 0 Å². The second kappa shape index (κ2) is 6.97. The largest absolute Gasteiger partial charge is 0.383 e. The Morgan fingerprint density at radius 1 is 1.69 bits per heavy atom. The fraction of sp³-hybridized carbons (Fsp3) is 0.600. The minimum absolute atomic E-state index is 0.0475. The standard InChI is InChI=1S/C10H18N4O2/c1-16-5-4-12-10(15)7-14-6-9(2-3-11)13-8-14/h6,8H,2-5,7,11H2,1H3,(H,12,15). The number of carbonyl (C=O) groups excluding carboxylic acids is 1. The summed E-state index contributed by atoms with van der Waals surface area (Å²) in [5.41, 5.74) is 6.32. The van der Waals surface area contributed by atoms with Crippen molar-refractivity contribution in [2.24, 2.45) is 5.73 Å². The van der Waals surface area contributed by atoms with Crippen molar-refractivity contribution in [3.05, 3.63) is 18.2 Å². The van der Waals surface area contributed by atoms with Crippen molar-refractivity contribution in [1.82, 2.24) is 14.9 Å². The zero-order chi connectivity index (χ0) is 11.8. The van der Waals surface area contributed by atoms with Crippen LogP contribution in [-0.2, 0) is 22.5 Å². The predicted octanol–water partition coefficient (Wildman–Crippen LogP) is -0.853. The summed E-state index contributed by atoms with van der Waals surface area (Å²) in [4.78, 5) is 15.5. The summed E-state index contributed by atoms with van der Waals surface area (Å²) >= 11 is 0. The molecule has 16 heavy (non-hydrogen) atoms. The van der Waals surface area contributed by atoms with Crippen LogP contribution in [0.2, 0.25) is 0 Å². The minimum atomic E-state index is -0.0475. The highest BCUT2D eigenvalue weighted by molar-refractivity contribution is 5.75. The first kappa shape index (κ1) is 12.7. The number of carbonyl (C=O) groups is 1. The van der Waals surface area contributed by atoms with Gasteiger partial charge in [-0.2, -0.15) is 0 Å². The number of imidazole rings is 1. The van der Waals surface area contributed by atoms with Crippen LogP contribution in [0.25, 0.3) is 0 Å². The molecule has 0 aliphatic carbocycles. The molecule has 1 amide bonds. The molecule has 1 rings (SSSR count). The number of nitrogens with one attached hydrogen (secondary N) is 1. The highest BCUT2D eigenvalue weighted by Gasteiger charge is 2.03. The van der Waals surface area contributed by atoms with Gasteiger partial charge >= 0.3 is 0 Å². The Morgan fingerprint density at radius 2 is 2.50 bits per heavy atom. The number of rotatable bonds is 7. The third kappa shape index (κ3) is 4.41. The summed E-state index contributed by atoms with van der Waals surface area (Å²) in [6.07, 6.45) is 4.21. The van der Waals surface area contributed by atoms with E-state index in [4.69, 9.17) is 10.5 Å². The van der Waals surface area contributed by atoms with Crippen molar-refractivity contribution in [2.75, 3.05) is 26.8 Å². The van der Waals surface area contributed by atoms with Crippen LogP contribution in [0.1, 0.15) is 5.69 Å². The topological polar surface area (TPSA) is 82.2 Å². The highest BCUT2D eigenvalue weighted by Crippen LogP contribution is 1.96. The van der Waals surface area contributed by atoms with E-state index in [0.29, 0.717) is 19.7 Å². The molecule has 6 heteroatoms. The molecule has 0 fully saturated rings. The van der Waals surface area contributed by atoms with Crippen LogP contribution in [0.5, 0.6) is 0 Å². The van der Waals surface area contributed by atoms with Gasteiger partial charge in [-0.3, -0.25) is 4.79 Å². The molecule has 3 N–H and O–H groups in total. The average molecular weight is 226 g/mol. The number of nitrogens with zero attached hydrogens (tertiary/aromatic N) is 2. The fourth-order valence-electron chi connectivity index (χ4n) is 1.28.